The normalized spacial score (nSPS) is 13.4. The van der Waals surface area contributed by atoms with Crippen molar-refractivity contribution >= 4 is 46.4 Å². The van der Waals surface area contributed by atoms with Crippen LogP contribution in [0, 0.1) is 11.3 Å². The van der Waals surface area contributed by atoms with Crippen LogP contribution in [-0.4, -0.2) is 62.7 Å². The number of aromatic nitrogens is 3. The number of hydrogen-bond donors (Lipinski definition) is 2. The van der Waals surface area contributed by atoms with E-state index in [-0.39, 0.29) is 23.2 Å². The second-order valence-electron chi connectivity index (χ2n) is 10.1. The van der Waals surface area contributed by atoms with Crippen LogP contribution in [0.15, 0.2) is 65.1 Å². The molecule has 43 heavy (non-hydrogen) atoms. The van der Waals surface area contributed by atoms with E-state index in [1.165, 1.54) is 24.2 Å². The van der Waals surface area contributed by atoms with Crippen LogP contribution in [-0.2, 0) is 28.3 Å². The number of piperazine rings is 1. The van der Waals surface area contributed by atoms with Gasteiger partial charge in [0, 0.05) is 74.9 Å². The van der Waals surface area contributed by atoms with E-state index in [4.69, 9.17) is 10.7 Å². The van der Waals surface area contributed by atoms with Gasteiger partial charge in [0.25, 0.3) is 0 Å². The van der Waals surface area contributed by atoms with Gasteiger partial charge in [0.2, 0.25) is 11.8 Å². The lowest BCUT2D eigenvalue weighted by Gasteiger charge is -2.34. The number of thiazole rings is 1. The first-order valence-corrected chi connectivity index (χ1v) is 15.8. The molecule has 2 aromatic carbocycles. The smallest absolute Gasteiger partial charge is 0.223 e. The van der Waals surface area contributed by atoms with Crippen molar-refractivity contribution in [1.29, 1.82) is 5.26 Å². The molecule has 4 aromatic rings. The number of aryl methyl sites for hydroxylation is 1. The number of benzene rings is 2. The minimum Gasteiger partial charge on any atom is -0.382 e. The molecule has 3 N–H and O–H groups in total. The summed E-state index contributed by atoms with van der Waals surface area (Å²) in [7, 11) is 0. The Hall–Kier alpha value is -4.31. The summed E-state index contributed by atoms with van der Waals surface area (Å²) in [6.07, 6.45) is 1.05. The Morgan fingerprint density at radius 2 is 1.79 bits per heavy atom. The molecule has 5 rings (SSSR count). The molecule has 0 atom stereocenters. The van der Waals surface area contributed by atoms with E-state index >= 15 is 0 Å². The van der Waals surface area contributed by atoms with Crippen molar-refractivity contribution in [3.05, 3.63) is 81.8 Å². The zero-order valence-electron chi connectivity index (χ0n) is 23.8. The van der Waals surface area contributed by atoms with Crippen LogP contribution >= 0.6 is 23.1 Å². The fraction of sp³-hybridized carbons (Fsp3) is 0.290. The number of carbonyl (C=O) groups is 2. The fourth-order valence-electron chi connectivity index (χ4n) is 4.79. The van der Waals surface area contributed by atoms with E-state index in [0.29, 0.717) is 40.7 Å². The Labute approximate surface area is 259 Å². The van der Waals surface area contributed by atoms with Gasteiger partial charge in [0.05, 0.1) is 16.4 Å². The van der Waals surface area contributed by atoms with Crippen LogP contribution in [0.5, 0.6) is 0 Å². The molecular weight excluding hydrogens is 581 g/mol. The van der Waals surface area contributed by atoms with Crippen molar-refractivity contribution in [2.75, 3.05) is 37.2 Å². The minimum absolute atomic E-state index is 0.110. The molecule has 2 amide bonds. The Bertz CT molecular complexity index is 1610. The fourth-order valence-corrected chi connectivity index (χ4v) is 6.44. The van der Waals surface area contributed by atoms with Crippen LogP contribution in [0.4, 0.5) is 11.5 Å². The quantitative estimate of drug-likeness (QED) is 0.194. The summed E-state index contributed by atoms with van der Waals surface area (Å²) in [5, 5.41) is 15.7. The summed E-state index contributed by atoms with van der Waals surface area (Å²) < 4.78 is 0. The molecule has 1 saturated heterocycles. The Morgan fingerprint density at radius 1 is 1.05 bits per heavy atom. The number of anilines is 2. The van der Waals surface area contributed by atoms with Crippen molar-refractivity contribution in [2.24, 2.45) is 0 Å². The molecule has 3 heterocycles. The van der Waals surface area contributed by atoms with Gasteiger partial charge < -0.3 is 16.0 Å². The van der Waals surface area contributed by atoms with E-state index in [2.05, 4.69) is 50.5 Å². The number of nitriles is 1. The summed E-state index contributed by atoms with van der Waals surface area (Å²) in [6.45, 7) is 5.62. The lowest BCUT2D eigenvalue weighted by Crippen LogP contribution is -2.48. The Balaban J connectivity index is 1.12. The van der Waals surface area contributed by atoms with Crippen LogP contribution < -0.4 is 11.1 Å². The second kappa shape index (κ2) is 14.2. The first-order valence-electron chi connectivity index (χ1n) is 13.9. The van der Waals surface area contributed by atoms with Crippen LogP contribution in [0.2, 0.25) is 0 Å². The number of nitrogens with two attached hydrogens (primary N) is 1. The van der Waals surface area contributed by atoms with Gasteiger partial charge >= 0.3 is 0 Å². The van der Waals surface area contributed by atoms with E-state index in [1.807, 2.05) is 16.3 Å². The number of hydrogen-bond acceptors (Lipinski definition) is 10. The molecule has 1 fully saturated rings. The van der Waals surface area contributed by atoms with Crippen molar-refractivity contribution in [3.63, 3.8) is 0 Å². The van der Waals surface area contributed by atoms with Crippen molar-refractivity contribution < 1.29 is 9.59 Å². The van der Waals surface area contributed by atoms with Crippen LogP contribution in [0.3, 0.4) is 0 Å². The van der Waals surface area contributed by atoms with Crippen molar-refractivity contribution in [3.8, 4) is 17.3 Å². The summed E-state index contributed by atoms with van der Waals surface area (Å²) in [6, 6.07) is 19.6. The zero-order valence-corrected chi connectivity index (χ0v) is 25.5. The first kappa shape index (κ1) is 30.2. The lowest BCUT2D eigenvalue weighted by molar-refractivity contribution is -0.133. The molecule has 1 aliphatic heterocycles. The van der Waals surface area contributed by atoms with Crippen LogP contribution in [0.25, 0.3) is 11.3 Å². The first-order chi connectivity index (χ1) is 20.9. The topological polar surface area (TPSA) is 141 Å². The maximum absolute atomic E-state index is 12.9. The van der Waals surface area contributed by atoms with E-state index in [0.717, 1.165) is 43.4 Å². The van der Waals surface area contributed by atoms with Gasteiger partial charge in [-0.15, -0.1) is 11.3 Å². The Morgan fingerprint density at radius 3 is 2.49 bits per heavy atom. The van der Waals surface area contributed by atoms with Gasteiger partial charge in [-0.1, -0.05) is 54.2 Å². The van der Waals surface area contributed by atoms with E-state index in [1.54, 1.807) is 35.6 Å². The number of thioether (sulfide) groups is 1. The van der Waals surface area contributed by atoms with Gasteiger partial charge in [0.15, 0.2) is 5.16 Å². The SMILES string of the molecule is CC(=O)Nc1ccc(-c2nc(SCc3csc(CCC(=O)N4CCN(Cc5ccccc5)CC4)n3)nc(N)c2C#N)cc1. The maximum atomic E-state index is 12.9. The third-order valence-electron chi connectivity index (χ3n) is 6.98. The molecule has 220 valence electrons. The molecule has 0 unspecified atom stereocenters. The predicted octanol–water partition coefficient (Wildman–Crippen LogP) is 4.58. The molecular formula is C31H32N8O2S2. The van der Waals surface area contributed by atoms with Gasteiger partial charge in [-0.25, -0.2) is 15.0 Å². The highest BCUT2D eigenvalue weighted by molar-refractivity contribution is 7.98. The van der Waals surface area contributed by atoms with Gasteiger partial charge in [0.1, 0.15) is 17.5 Å². The summed E-state index contributed by atoms with van der Waals surface area (Å²) >= 11 is 2.93. The Kier molecular flexibility index (Phi) is 9.99. The summed E-state index contributed by atoms with van der Waals surface area (Å²) in [5.41, 5.74) is 10.3. The molecule has 10 nitrogen and oxygen atoms in total. The highest BCUT2D eigenvalue weighted by Crippen LogP contribution is 2.30. The maximum Gasteiger partial charge on any atom is 0.223 e. The van der Waals surface area contributed by atoms with E-state index < -0.39 is 0 Å². The third kappa shape index (κ3) is 8.16. The number of nitrogen functional groups attached to an aromatic ring is 1. The predicted molar refractivity (Wildman–Crippen MR) is 169 cm³/mol. The monoisotopic (exact) mass is 612 g/mol. The van der Waals surface area contributed by atoms with Crippen molar-refractivity contribution in [2.45, 2.75) is 37.2 Å². The highest BCUT2D eigenvalue weighted by atomic mass is 32.2. The summed E-state index contributed by atoms with van der Waals surface area (Å²) in [4.78, 5) is 42.2. The molecule has 0 aliphatic carbocycles. The molecule has 0 bridgehead atoms. The molecule has 0 spiro atoms. The number of nitrogens with one attached hydrogen (secondary N) is 1. The largest absolute Gasteiger partial charge is 0.382 e. The number of rotatable bonds is 10. The molecule has 12 heteroatoms. The molecule has 1 aliphatic rings. The molecule has 0 radical (unpaired) electrons. The third-order valence-corrected chi connectivity index (χ3v) is 8.82. The van der Waals surface area contributed by atoms with Gasteiger partial charge in [-0.05, 0) is 17.7 Å². The molecule has 2 aromatic heterocycles. The average Bonchev–Trinajstić information content (AvgIpc) is 3.47. The summed E-state index contributed by atoms with van der Waals surface area (Å²) in [5.74, 6) is 0.643. The van der Waals surface area contributed by atoms with Crippen LogP contribution in [0.1, 0.15) is 35.2 Å². The number of nitrogens with zero attached hydrogens (tertiary/aromatic N) is 6. The lowest BCUT2D eigenvalue weighted by atomic mass is 10.1. The van der Waals surface area contributed by atoms with Crippen molar-refractivity contribution in [1.82, 2.24) is 24.8 Å². The molecule has 0 saturated carbocycles. The van der Waals surface area contributed by atoms with Gasteiger partial charge in [-0.3, -0.25) is 14.5 Å². The standard InChI is InChI=1S/C31H32N8O2S2/c1-21(40)34-24-9-7-23(8-10-24)29-26(17-32)30(33)37-31(36-29)43-20-25-19-42-27(35-25)11-12-28(41)39-15-13-38(14-16-39)18-22-5-3-2-4-6-22/h2-10,19H,11-16,18,20H2,1H3,(H,34,40)(H2,33,36,37). The van der Waals surface area contributed by atoms with Gasteiger partial charge in [-0.2, -0.15) is 5.26 Å². The average molecular weight is 613 g/mol. The number of amides is 2. The minimum atomic E-state index is -0.166. The zero-order chi connectivity index (χ0) is 30.2. The van der Waals surface area contributed by atoms with E-state index in [9.17, 15) is 14.9 Å². The highest BCUT2D eigenvalue weighted by Gasteiger charge is 2.21. The number of carbonyl (C=O) groups excluding carboxylic acids is 2. The second-order valence-corrected chi connectivity index (χ2v) is 12.0.